The molecule has 18 N–H and O–H groups in total. The van der Waals surface area contributed by atoms with Gasteiger partial charge in [0.05, 0.1) is 25.2 Å². The van der Waals surface area contributed by atoms with Gasteiger partial charge in [0.15, 0.2) is 0 Å². The van der Waals surface area contributed by atoms with Crippen molar-refractivity contribution >= 4 is 71.1 Å². The van der Waals surface area contributed by atoms with E-state index in [4.69, 9.17) is 17.2 Å². The lowest BCUT2D eigenvalue weighted by Crippen LogP contribution is -2.60. The minimum atomic E-state index is -2.04. The molecule has 9 amide bonds. The molecule has 9 atom stereocenters. The summed E-state index contributed by atoms with van der Waals surface area (Å²) < 4.78 is 0. The molecule has 0 aromatic carbocycles. The fourth-order valence-corrected chi connectivity index (χ4v) is 7.04. The number of aromatic nitrogens is 2. The highest BCUT2D eigenvalue weighted by Gasteiger charge is 2.36. The molecule has 0 unspecified atom stereocenters. The summed E-state index contributed by atoms with van der Waals surface area (Å²) in [5, 5.41) is 47.7. The number of nitrogens with one attached hydrogen (secondary N) is 9. The summed E-state index contributed by atoms with van der Waals surface area (Å²) in [5.74, 6) is -14.5. The largest absolute Gasteiger partial charge is 0.481 e. The Bertz CT molecular complexity index is 2070. The van der Waals surface area contributed by atoms with Crippen LogP contribution in [0.25, 0.3) is 0 Å². The van der Waals surface area contributed by atoms with Crippen molar-refractivity contribution < 1.29 is 72.9 Å². The van der Waals surface area contributed by atoms with E-state index in [0.717, 1.165) is 0 Å². The number of aromatic amines is 1. The topological polar surface area (TPSA) is 469 Å². The standard InChI is InChI=1S/C45H75N13O15/c1-21(2)14-29(42(69)52-27(10-8-9-13-46)40(67)58-36(23(5)6)45(72)73)54-37(64)24(7)51-41(68)31(17-33(48)59)56-44(71)32(18-35(62)63)57-39(66)28(11-12-34(60)61)53-43(70)30(15-22(3)4)55-38(65)26(47)16-25-19-49-20-50-25/h19-24,26-32,36H,8-18,46-47H2,1-7H3,(H2,48,59)(H,49,50)(H,51,68)(H,52,69)(H,53,70)(H,54,64)(H,55,65)(H,56,71)(H,57,66)(H,58,67)(H,60,61)(H,62,63)(H,72,73)/t24-,26-,27-,28-,29-,30-,31-,32-,36-/m0/s1. The van der Waals surface area contributed by atoms with Gasteiger partial charge >= 0.3 is 17.9 Å². The van der Waals surface area contributed by atoms with Gasteiger partial charge in [-0.1, -0.05) is 41.5 Å². The number of H-pyrrole nitrogens is 1. The normalized spacial score (nSPS) is 14.9. The Morgan fingerprint density at radius 3 is 1.47 bits per heavy atom. The number of carboxylic acid groups (broad SMARTS) is 3. The number of carbonyl (C=O) groups excluding carboxylic acids is 9. The van der Waals surface area contributed by atoms with Gasteiger partial charge in [0.1, 0.15) is 48.3 Å². The second-order valence-electron chi connectivity index (χ2n) is 18.8. The van der Waals surface area contributed by atoms with Crippen molar-refractivity contribution in [1.29, 1.82) is 0 Å². The predicted molar refractivity (Wildman–Crippen MR) is 259 cm³/mol. The van der Waals surface area contributed by atoms with Gasteiger partial charge in [-0.15, -0.1) is 0 Å². The van der Waals surface area contributed by atoms with Crippen LogP contribution in [0.5, 0.6) is 0 Å². The highest BCUT2D eigenvalue weighted by molar-refractivity contribution is 5.99. The zero-order valence-corrected chi connectivity index (χ0v) is 42.3. The predicted octanol–water partition coefficient (Wildman–Crippen LogP) is -3.65. The van der Waals surface area contributed by atoms with E-state index in [1.807, 2.05) is 0 Å². The number of primary amides is 1. The Morgan fingerprint density at radius 2 is 1.01 bits per heavy atom. The Labute approximate surface area is 422 Å². The number of carboxylic acids is 3. The summed E-state index contributed by atoms with van der Waals surface area (Å²) in [7, 11) is 0. The molecule has 0 aliphatic carbocycles. The van der Waals surface area contributed by atoms with Crippen molar-refractivity contribution in [2.75, 3.05) is 6.54 Å². The van der Waals surface area contributed by atoms with Crippen LogP contribution in [0.1, 0.15) is 112 Å². The Hall–Kier alpha value is -7.23. The molecule has 0 fully saturated rings. The Kier molecular flexibility index (Phi) is 27.9. The third kappa shape index (κ3) is 24.6. The maximum absolute atomic E-state index is 13.7. The molecule has 0 radical (unpaired) electrons. The molecule has 0 aliphatic heterocycles. The molecule has 0 bridgehead atoms. The Morgan fingerprint density at radius 1 is 0.562 bits per heavy atom. The third-order valence-electron chi connectivity index (χ3n) is 10.9. The van der Waals surface area contributed by atoms with E-state index in [0.29, 0.717) is 18.5 Å². The van der Waals surface area contributed by atoms with Crippen LogP contribution in [0, 0.1) is 17.8 Å². The number of hydrogen-bond donors (Lipinski definition) is 15. The molecule has 1 aromatic heterocycles. The van der Waals surface area contributed by atoms with E-state index in [2.05, 4.69) is 52.5 Å². The summed E-state index contributed by atoms with van der Waals surface area (Å²) in [4.78, 5) is 162. The minimum absolute atomic E-state index is 0.0219. The molecule has 1 aromatic rings. The van der Waals surface area contributed by atoms with Crippen LogP contribution >= 0.6 is 0 Å². The molecular formula is C45H75N13O15. The monoisotopic (exact) mass is 1040 g/mol. The molecule has 410 valence electrons. The second kappa shape index (κ2) is 32.0. The third-order valence-corrected chi connectivity index (χ3v) is 10.9. The summed E-state index contributed by atoms with van der Waals surface area (Å²) in [6, 6.07) is -13.4. The van der Waals surface area contributed by atoms with Crippen molar-refractivity contribution in [1.82, 2.24) is 52.5 Å². The van der Waals surface area contributed by atoms with Gasteiger partial charge in [0, 0.05) is 24.7 Å². The molecule has 73 heavy (non-hydrogen) atoms. The number of nitrogens with two attached hydrogens (primary N) is 3. The average Bonchev–Trinajstić information content (AvgIpc) is 3.80. The van der Waals surface area contributed by atoms with Crippen LogP contribution in [0.3, 0.4) is 0 Å². The number of imidazole rings is 1. The van der Waals surface area contributed by atoms with Crippen LogP contribution in [0.2, 0.25) is 0 Å². The molecule has 1 rings (SSSR count). The lowest BCUT2D eigenvalue weighted by molar-refractivity contribution is -0.143. The number of aliphatic carboxylic acids is 3. The first-order chi connectivity index (χ1) is 34.1. The lowest BCUT2D eigenvalue weighted by Gasteiger charge is -2.27. The van der Waals surface area contributed by atoms with E-state index in [1.165, 1.54) is 19.4 Å². The van der Waals surface area contributed by atoms with E-state index in [1.54, 1.807) is 41.5 Å². The highest BCUT2D eigenvalue weighted by Crippen LogP contribution is 2.12. The van der Waals surface area contributed by atoms with Crippen molar-refractivity contribution in [2.24, 2.45) is 35.0 Å². The number of rotatable bonds is 35. The molecule has 0 saturated heterocycles. The van der Waals surface area contributed by atoms with Crippen LogP contribution < -0.4 is 59.7 Å². The van der Waals surface area contributed by atoms with Crippen LogP contribution in [-0.2, 0) is 64.0 Å². The van der Waals surface area contributed by atoms with Crippen LogP contribution in [0.15, 0.2) is 12.5 Å². The van der Waals surface area contributed by atoms with Gasteiger partial charge in [-0.2, -0.15) is 0 Å². The second-order valence-corrected chi connectivity index (χ2v) is 18.8. The van der Waals surface area contributed by atoms with Crippen molar-refractivity contribution in [2.45, 2.75) is 167 Å². The number of unbranched alkanes of at least 4 members (excludes halogenated alkanes) is 1. The molecule has 28 heteroatoms. The smallest absolute Gasteiger partial charge is 0.326 e. The number of hydrogen-bond acceptors (Lipinski definition) is 15. The quantitative estimate of drug-likeness (QED) is 0.0292. The first-order valence-electron chi connectivity index (χ1n) is 23.9. The molecule has 0 aliphatic rings. The molecule has 0 spiro atoms. The summed E-state index contributed by atoms with van der Waals surface area (Å²) in [6.45, 7) is 11.6. The van der Waals surface area contributed by atoms with Gasteiger partial charge in [0.2, 0.25) is 53.2 Å². The van der Waals surface area contributed by atoms with E-state index >= 15 is 0 Å². The first-order valence-corrected chi connectivity index (χ1v) is 23.9. The maximum atomic E-state index is 13.7. The Balaban J connectivity index is 3.32. The minimum Gasteiger partial charge on any atom is -0.481 e. The SMILES string of the molecule is CC(C)C[C@H](NC(=O)[C@H](C)NC(=O)[C@H](CC(N)=O)NC(=O)[C@H](CC(=O)O)NC(=O)[C@H](CCC(=O)O)NC(=O)[C@H](CC(C)C)NC(=O)[C@@H](N)Cc1cnc[nH]1)C(=O)N[C@@H](CCCCN)C(=O)N[C@H](C(=O)O)C(C)C. The summed E-state index contributed by atoms with van der Waals surface area (Å²) in [6.07, 6.45) is 0.467. The fourth-order valence-electron chi connectivity index (χ4n) is 7.04. The highest BCUT2D eigenvalue weighted by atomic mass is 16.4. The van der Waals surface area contributed by atoms with Gasteiger partial charge < -0.3 is 80.0 Å². The van der Waals surface area contributed by atoms with E-state index < -0.39 is 157 Å². The molecular weight excluding hydrogens is 963 g/mol. The summed E-state index contributed by atoms with van der Waals surface area (Å²) >= 11 is 0. The molecule has 28 nitrogen and oxygen atoms in total. The van der Waals surface area contributed by atoms with Gasteiger partial charge in [0.25, 0.3) is 0 Å². The van der Waals surface area contributed by atoms with E-state index in [9.17, 15) is 72.9 Å². The average molecular weight is 1040 g/mol. The number of nitrogens with zero attached hydrogens (tertiary/aromatic N) is 1. The van der Waals surface area contributed by atoms with Gasteiger partial charge in [-0.25, -0.2) is 9.78 Å². The van der Waals surface area contributed by atoms with Gasteiger partial charge in [-0.05, 0) is 69.7 Å². The first kappa shape index (κ1) is 63.8. The van der Waals surface area contributed by atoms with Crippen molar-refractivity contribution in [3.63, 3.8) is 0 Å². The molecule has 1 heterocycles. The van der Waals surface area contributed by atoms with E-state index in [-0.39, 0.29) is 44.1 Å². The van der Waals surface area contributed by atoms with Crippen LogP contribution in [-0.4, -0.2) is 157 Å². The van der Waals surface area contributed by atoms with Crippen molar-refractivity contribution in [3.8, 4) is 0 Å². The maximum Gasteiger partial charge on any atom is 0.326 e. The lowest BCUT2D eigenvalue weighted by atomic mass is 10.0. The number of amides is 9. The van der Waals surface area contributed by atoms with Crippen molar-refractivity contribution in [3.05, 3.63) is 18.2 Å². The molecule has 0 saturated carbocycles. The fraction of sp³-hybridized carbons (Fsp3) is 0.667. The zero-order chi connectivity index (χ0) is 55.7. The van der Waals surface area contributed by atoms with Gasteiger partial charge in [-0.3, -0.25) is 52.7 Å². The van der Waals surface area contributed by atoms with Crippen LogP contribution in [0.4, 0.5) is 0 Å². The summed E-state index contributed by atoms with van der Waals surface area (Å²) in [5.41, 5.74) is 17.5. The number of carbonyl (C=O) groups is 12. The zero-order valence-electron chi connectivity index (χ0n) is 42.3.